The molecule has 5 atom stereocenters. The Hall–Kier alpha value is -2.15. The normalized spacial score (nSPS) is 32.5. The van der Waals surface area contributed by atoms with Crippen molar-refractivity contribution in [3.8, 4) is 0 Å². The molecule has 1 aliphatic carbocycles. The van der Waals surface area contributed by atoms with Crippen LogP contribution in [0.3, 0.4) is 0 Å². The lowest BCUT2D eigenvalue weighted by molar-refractivity contribution is -0.129. The third kappa shape index (κ3) is 3.71. The van der Waals surface area contributed by atoms with Crippen LogP contribution >= 0.6 is 0 Å². The van der Waals surface area contributed by atoms with Crippen molar-refractivity contribution in [1.82, 2.24) is 15.1 Å². The van der Waals surface area contributed by atoms with E-state index < -0.39 is 6.04 Å². The molecule has 1 aromatic carbocycles. The molecule has 2 saturated heterocycles. The third-order valence-electron chi connectivity index (χ3n) is 7.99. The minimum atomic E-state index is -0.402. The summed E-state index contributed by atoms with van der Waals surface area (Å²) in [6, 6.07) is 4.31. The highest BCUT2D eigenvalue weighted by molar-refractivity contribution is 5.88. The van der Waals surface area contributed by atoms with Crippen LogP contribution in [0.4, 0.5) is 10.1 Å². The van der Waals surface area contributed by atoms with Gasteiger partial charge in [-0.15, -0.1) is 0 Å². The van der Waals surface area contributed by atoms with E-state index in [-0.39, 0.29) is 23.7 Å². The summed E-state index contributed by atoms with van der Waals surface area (Å²) in [6.07, 6.45) is 6.75. The van der Waals surface area contributed by atoms with Crippen LogP contribution in [0.2, 0.25) is 0 Å². The Kier molecular flexibility index (Phi) is 5.40. The molecule has 5 rings (SSSR count). The first-order valence-electron chi connectivity index (χ1n) is 11.8. The molecule has 31 heavy (non-hydrogen) atoms. The number of hydrogen-bond donors (Lipinski definition) is 2. The number of halogens is 1. The number of carbonyl (C=O) groups is 2. The molecule has 0 bridgehead atoms. The van der Waals surface area contributed by atoms with Crippen LogP contribution in [0.25, 0.3) is 0 Å². The largest absolute Gasteiger partial charge is 0.373 e. The zero-order chi connectivity index (χ0) is 21.7. The molecule has 0 radical (unpaired) electrons. The Labute approximate surface area is 183 Å². The van der Waals surface area contributed by atoms with Crippen molar-refractivity contribution in [3.05, 3.63) is 29.1 Å². The van der Waals surface area contributed by atoms with Crippen LogP contribution < -0.4 is 10.6 Å². The fourth-order valence-corrected chi connectivity index (χ4v) is 6.49. The van der Waals surface area contributed by atoms with E-state index in [9.17, 15) is 14.0 Å². The maximum Gasteiger partial charge on any atom is 0.243 e. The van der Waals surface area contributed by atoms with Gasteiger partial charge in [0.05, 0.1) is 0 Å². The second-order valence-electron chi connectivity index (χ2n) is 9.81. The van der Waals surface area contributed by atoms with Crippen molar-refractivity contribution in [1.29, 1.82) is 0 Å². The first-order valence-corrected chi connectivity index (χ1v) is 11.8. The quantitative estimate of drug-likeness (QED) is 0.777. The van der Waals surface area contributed by atoms with Gasteiger partial charge in [0.1, 0.15) is 11.9 Å². The minimum absolute atomic E-state index is 0.0245. The van der Waals surface area contributed by atoms with Gasteiger partial charge in [0.2, 0.25) is 11.8 Å². The number of fused-ring (bicyclic) bond motifs is 2. The van der Waals surface area contributed by atoms with Crippen LogP contribution in [0.15, 0.2) is 12.1 Å². The van der Waals surface area contributed by atoms with Gasteiger partial charge >= 0.3 is 0 Å². The van der Waals surface area contributed by atoms with Crippen LogP contribution in [0, 0.1) is 12.7 Å². The van der Waals surface area contributed by atoms with Crippen LogP contribution in [-0.4, -0.2) is 64.9 Å². The van der Waals surface area contributed by atoms with Crippen LogP contribution in [-0.2, 0) is 16.0 Å². The SMILES string of the molecule is CC(=O)N1CC[C@H]2[C@@H]1CCN2[C@H]1CCC[C@@H](NC(=O)C2Cc3c(F)ccc(C)c3N2)C1. The summed E-state index contributed by atoms with van der Waals surface area (Å²) in [5.41, 5.74) is 2.38. The molecule has 168 valence electrons. The van der Waals surface area contributed by atoms with Gasteiger partial charge in [0.25, 0.3) is 0 Å². The minimum Gasteiger partial charge on any atom is -0.373 e. The molecule has 7 heteroatoms. The van der Waals surface area contributed by atoms with E-state index in [1.54, 1.807) is 13.0 Å². The molecule has 2 N–H and O–H groups in total. The molecule has 2 amide bonds. The number of hydrogen-bond acceptors (Lipinski definition) is 4. The first kappa shape index (κ1) is 20.7. The highest BCUT2D eigenvalue weighted by Gasteiger charge is 2.46. The highest BCUT2D eigenvalue weighted by Crippen LogP contribution is 2.37. The van der Waals surface area contributed by atoms with Gasteiger partial charge in [-0.3, -0.25) is 14.5 Å². The summed E-state index contributed by atoms with van der Waals surface area (Å²) in [4.78, 5) is 29.6. The zero-order valence-corrected chi connectivity index (χ0v) is 18.5. The number of carbonyl (C=O) groups excluding carboxylic acids is 2. The van der Waals surface area contributed by atoms with Gasteiger partial charge in [0.15, 0.2) is 0 Å². The van der Waals surface area contributed by atoms with E-state index >= 15 is 0 Å². The lowest BCUT2D eigenvalue weighted by Crippen LogP contribution is -2.50. The number of likely N-dealkylation sites (tertiary alicyclic amines) is 2. The number of rotatable bonds is 3. The van der Waals surface area contributed by atoms with Crippen LogP contribution in [0.1, 0.15) is 56.6 Å². The Balaban J connectivity index is 1.19. The second kappa shape index (κ2) is 8.08. The number of nitrogens with zero attached hydrogens (tertiary/aromatic N) is 2. The topological polar surface area (TPSA) is 64.7 Å². The molecular formula is C24H33FN4O2. The van der Waals surface area contributed by atoms with E-state index in [1.807, 2.05) is 6.92 Å². The van der Waals surface area contributed by atoms with E-state index in [2.05, 4.69) is 20.4 Å². The summed E-state index contributed by atoms with van der Waals surface area (Å²) in [6.45, 7) is 5.54. The summed E-state index contributed by atoms with van der Waals surface area (Å²) >= 11 is 0. The fourth-order valence-electron chi connectivity index (χ4n) is 6.49. The van der Waals surface area contributed by atoms with Gasteiger partial charge in [-0.25, -0.2) is 4.39 Å². The zero-order valence-electron chi connectivity index (χ0n) is 18.5. The molecule has 1 saturated carbocycles. The number of nitrogens with one attached hydrogen (secondary N) is 2. The molecule has 6 nitrogen and oxygen atoms in total. The monoisotopic (exact) mass is 428 g/mol. The Morgan fingerprint density at radius 1 is 1.13 bits per heavy atom. The van der Waals surface area contributed by atoms with Crippen LogP contribution in [0.5, 0.6) is 0 Å². The molecular weight excluding hydrogens is 395 g/mol. The predicted octanol–water partition coefficient (Wildman–Crippen LogP) is 2.59. The molecule has 3 aliphatic heterocycles. The maximum absolute atomic E-state index is 14.2. The van der Waals surface area contributed by atoms with Crippen molar-refractivity contribution >= 4 is 17.5 Å². The van der Waals surface area contributed by atoms with Gasteiger partial charge in [-0.05, 0) is 57.1 Å². The highest BCUT2D eigenvalue weighted by atomic mass is 19.1. The molecule has 1 unspecified atom stereocenters. The summed E-state index contributed by atoms with van der Waals surface area (Å²) in [5, 5.41) is 6.50. The van der Waals surface area contributed by atoms with Gasteiger partial charge in [-0.2, -0.15) is 0 Å². The van der Waals surface area contributed by atoms with Crippen molar-refractivity contribution in [2.75, 3.05) is 18.4 Å². The molecule has 1 aromatic rings. The number of amides is 2. The maximum atomic E-state index is 14.2. The standard InChI is InChI=1S/C24H33FN4O2/c1-14-6-7-19(25)18-13-20(27-23(14)18)24(31)26-16-4-3-5-17(12-16)29-11-9-21-22(29)8-10-28(21)15(2)30/h6-7,16-17,20-22,27H,3-5,8-13H2,1-2H3,(H,26,31)/t16-,17+,20?,21+,22+/m1/s1. The lowest BCUT2D eigenvalue weighted by Gasteiger charge is -2.38. The van der Waals surface area contributed by atoms with E-state index in [0.29, 0.717) is 30.1 Å². The fraction of sp³-hybridized carbons (Fsp3) is 0.667. The number of anilines is 1. The van der Waals surface area contributed by atoms with Gasteiger partial charge < -0.3 is 15.5 Å². The van der Waals surface area contributed by atoms with E-state index in [0.717, 1.165) is 62.9 Å². The Bertz CT molecular complexity index is 860. The van der Waals surface area contributed by atoms with Gasteiger partial charge in [-0.1, -0.05) is 6.07 Å². The summed E-state index contributed by atoms with van der Waals surface area (Å²) in [7, 11) is 0. The summed E-state index contributed by atoms with van der Waals surface area (Å²) in [5.74, 6) is -0.0654. The van der Waals surface area contributed by atoms with Crippen molar-refractivity contribution < 1.29 is 14.0 Å². The van der Waals surface area contributed by atoms with Crippen molar-refractivity contribution in [2.45, 2.75) is 89.0 Å². The summed E-state index contributed by atoms with van der Waals surface area (Å²) < 4.78 is 14.2. The molecule has 3 heterocycles. The Morgan fingerprint density at radius 3 is 2.71 bits per heavy atom. The molecule has 0 aromatic heterocycles. The van der Waals surface area contributed by atoms with Crippen molar-refractivity contribution in [3.63, 3.8) is 0 Å². The third-order valence-corrected chi connectivity index (χ3v) is 7.99. The predicted molar refractivity (Wildman–Crippen MR) is 117 cm³/mol. The molecule has 0 spiro atoms. The average Bonchev–Trinajstić information content (AvgIpc) is 3.45. The lowest BCUT2D eigenvalue weighted by atomic mass is 9.89. The molecule has 4 aliphatic rings. The number of benzene rings is 1. The first-order chi connectivity index (χ1) is 14.9. The second-order valence-corrected chi connectivity index (χ2v) is 9.81. The number of aryl methyl sites for hydroxylation is 1. The van der Waals surface area contributed by atoms with Gasteiger partial charge in [0, 0.05) is 61.9 Å². The Morgan fingerprint density at radius 2 is 1.94 bits per heavy atom. The molecule has 3 fully saturated rings. The van der Waals surface area contributed by atoms with E-state index in [1.165, 1.54) is 6.07 Å². The van der Waals surface area contributed by atoms with E-state index in [4.69, 9.17) is 0 Å². The average molecular weight is 429 g/mol. The smallest absolute Gasteiger partial charge is 0.243 e. The van der Waals surface area contributed by atoms with Crippen molar-refractivity contribution in [2.24, 2.45) is 0 Å².